The van der Waals surface area contributed by atoms with Crippen molar-refractivity contribution in [3.8, 4) is 22.5 Å². The van der Waals surface area contributed by atoms with E-state index in [9.17, 15) is 24.0 Å². The van der Waals surface area contributed by atoms with Crippen LogP contribution in [0.1, 0.15) is 40.1 Å². The van der Waals surface area contributed by atoms with Gasteiger partial charge in [0.1, 0.15) is 40.5 Å². The Morgan fingerprint density at radius 3 is 1.41 bits per heavy atom. The second-order valence-corrected chi connectivity index (χ2v) is 13.8. The highest BCUT2D eigenvalue weighted by atomic mass is 16.5. The molecule has 0 bridgehead atoms. The molecule has 320 valence electrons. The number of aromatic nitrogens is 6. The summed E-state index contributed by atoms with van der Waals surface area (Å²) in [5, 5.41) is 14.9. The van der Waals surface area contributed by atoms with E-state index in [1.165, 1.54) is 20.5 Å². The van der Waals surface area contributed by atoms with Crippen molar-refractivity contribution in [3.05, 3.63) is 177 Å². The molecule has 0 unspecified atom stereocenters. The first-order valence-electron chi connectivity index (χ1n) is 19.9. The fraction of sp³-hybridized carbons (Fsp3) is 0.170. The number of likely N-dealkylation sites (N-methyl/N-ethyl adjacent to an activating group) is 1. The molecule has 16 heteroatoms. The highest BCUT2D eigenvalue weighted by molar-refractivity contribution is 6.03. The summed E-state index contributed by atoms with van der Waals surface area (Å²) >= 11 is 0. The highest BCUT2D eigenvalue weighted by Crippen LogP contribution is 2.29. The number of rotatable bonds is 14. The van der Waals surface area contributed by atoms with Gasteiger partial charge in [-0.2, -0.15) is 10.2 Å². The van der Waals surface area contributed by atoms with E-state index in [1.54, 1.807) is 88.1 Å². The number of esters is 2. The number of hydrogen-bond acceptors (Lipinski definition) is 13. The van der Waals surface area contributed by atoms with E-state index in [2.05, 4.69) is 30.8 Å². The number of ether oxygens (including phenoxy) is 2. The largest absolute Gasteiger partial charge is 0.457 e. The van der Waals surface area contributed by atoms with Gasteiger partial charge in [-0.15, -0.1) is 0 Å². The van der Waals surface area contributed by atoms with Crippen LogP contribution in [0.25, 0.3) is 22.5 Å². The number of anilines is 4. The highest BCUT2D eigenvalue weighted by Gasteiger charge is 2.28. The Hall–Kier alpha value is -8.27. The third kappa shape index (κ3) is 11.1. The van der Waals surface area contributed by atoms with Crippen molar-refractivity contribution in [2.45, 2.75) is 33.5 Å². The average molecular weight is 848 g/mol. The molecule has 16 nitrogen and oxygen atoms in total. The molecule has 0 aliphatic heterocycles. The number of amides is 1. The van der Waals surface area contributed by atoms with E-state index < -0.39 is 29.7 Å². The van der Waals surface area contributed by atoms with Gasteiger partial charge in [0.15, 0.2) is 6.61 Å². The molecule has 3 aromatic carbocycles. The summed E-state index contributed by atoms with van der Waals surface area (Å²) < 4.78 is 13.4. The van der Waals surface area contributed by atoms with Gasteiger partial charge in [-0.3, -0.25) is 24.4 Å². The van der Waals surface area contributed by atoms with Crippen LogP contribution in [-0.2, 0) is 34.0 Å². The van der Waals surface area contributed by atoms with Gasteiger partial charge in [-0.1, -0.05) is 91.0 Å². The van der Waals surface area contributed by atoms with Crippen LogP contribution in [0.4, 0.5) is 22.7 Å². The molecule has 4 aromatic heterocycles. The van der Waals surface area contributed by atoms with Crippen molar-refractivity contribution in [1.82, 2.24) is 34.4 Å². The molecule has 0 fully saturated rings. The third-order valence-electron chi connectivity index (χ3n) is 9.31. The summed E-state index contributed by atoms with van der Waals surface area (Å²) in [6.07, 6.45) is 6.34. The van der Waals surface area contributed by atoms with Gasteiger partial charge in [0.05, 0.1) is 23.8 Å². The zero-order valence-corrected chi connectivity index (χ0v) is 35.1. The minimum Gasteiger partial charge on any atom is -0.457 e. The van der Waals surface area contributed by atoms with Crippen LogP contribution >= 0.6 is 0 Å². The number of nitrogens with one attached hydrogen (secondary N) is 2. The molecule has 63 heavy (non-hydrogen) atoms. The third-order valence-corrected chi connectivity index (χ3v) is 9.31. The first kappa shape index (κ1) is 44.3. The Morgan fingerprint density at radius 1 is 0.587 bits per heavy atom. The predicted molar refractivity (Wildman–Crippen MR) is 239 cm³/mol. The quantitative estimate of drug-likeness (QED) is 0.110. The lowest BCUT2D eigenvalue weighted by Crippen LogP contribution is -2.31. The van der Waals surface area contributed by atoms with Crippen molar-refractivity contribution >= 4 is 40.6 Å². The van der Waals surface area contributed by atoms with Crippen molar-refractivity contribution in [1.29, 1.82) is 0 Å². The van der Waals surface area contributed by atoms with Crippen LogP contribution in [0.15, 0.2) is 150 Å². The van der Waals surface area contributed by atoms with Crippen LogP contribution < -0.4 is 21.8 Å². The summed E-state index contributed by atoms with van der Waals surface area (Å²) in [6.45, 7) is 3.88. The van der Waals surface area contributed by atoms with E-state index in [0.717, 1.165) is 5.56 Å². The second-order valence-electron chi connectivity index (χ2n) is 13.8. The maximum Gasteiger partial charge on any atom is 0.343 e. The van der Waals surface area contributed by atoms with E-state index in [-0.39, 0.29) is 40.7 Å². The Bertz CT molecular complexity index is 2770. The molecule has 0 saturated heterocycles. The van der Waals surface area contributed by atoms with Crippen molar-refractivity contribution in [2.24, 2.45) is 0 Å². The average Bonchev–Trinajstić information content (AvgIpc) is 3.32. The molecule has 0 atom stereocenters. The summed E-state index contributed by atoms with van der Waals surface area (Å²) in [5.41, 5.74) is 3.17. The van der Waals surface area contributed by atoms with Crippen LogP contribution in [0.3, 0.4) is 0 Å². The number of carbonyl (C=O) groups is 3. The predicted octanol–water partition coefficient (Wildman–Crippen LogP) is 6.74. The van der Waals surface area contributed by atoms with Gasteiger partial charge in [0.25, 0.3) is 17.0 Å². The van der Waals surface area contributed by atoms with Gasteiger partial charge in [-0.25, -0.2) is 19.0 Å². The van der Waals surface area contributed by atoms with E-state index >= 15 is 0 Å². The second kappa shape index (κ2) is 21.3. The van der Waals surface area contributed by atoms with Gasteiger partial charge in [0, 0.05) is 50.7 Å². The minimum atomic E-state index is -0.826. The SMILES string of the molecule is CCn1nc(-c2ccccc2)c(C(=O)OCC(=O)N(C)C)c(Nc2cccnc2)c1=O.CCn1nc(-c2ccccc2)c(C(=O)OCc2ccccc2)c(Nc2cccnc2)c1=O. The summed E-state index contributed by atoms with van der Waals surface area (Å²) in [6, 6.07) is 34.6. The smallest absolute Gasteiger partial charge is 0.343 e. The van der Waals surface area contributed by atoms with Crippen LogP contribution in [0, 0.1) is 0 Å². The number of benzene rings is 3. The van der Waals surface area contributed by atoms with Crippen LogP contribution in [-0.4, -0.2) is 73.0 Å². The van der Waals surface area contributed by atoms with Crippen molar-refractivity contribution in [3.63, 3.8) is 0 Å². The lowest BCUT2D eigenvalue weighted by atomic mass is 10.0. The first-order chi connectivity index (χ1) is 30.6. The molecule has 0 aliphatic carbocycles. The number of hydrogen-bond donors (Lipinski definition) is 2. The van der Waals surface area contributed by atoms with Crippen molar-refractivity contribution < 1.29 is 23.9 Å². The molecular weight excluding hydrogens is 803 g/mol. The number of aryl methyl sites for hydroxylation is 2. The maximum atomic E-state index is 13.3. The normalized spacial score (nSPS) is 10.5. The van der Waals surface area contributed by atoms with Crippen LogP contribution in [0.2, 0.25) is 0 Å². The molecule has 7 aromatic rings. The Labute approximate surface area is 362 Å². The van der Waals surface area contributed by atoms with Gasteiger partial charge < -0.3 is 25.0 Å². The minimum absolute atomic E-state index is 0.00556. The van der Waals surface area contributed by atoms with Gasteiger partial charge in [0.2, 0.25) is 0 Å². The lowest BCUT2D eigenvalue weighted by Gasteiger charge is -2.17. The van der Waals surface area contributed by atoms with Crippen molar-refractivity contribution in [2.75, 3.05) is 31.3 Å². The fourth-order valence-corrected chi connectivity index (χ4v) is 6.08. The van der Waals surface area contributed by atoms with Gasteiger partial charge in [-0.05, 0) is 43.7 Å². The zero-order chi connectivity index (χ0) is 44.7. The van der Waals surface area contributed by atoms with E-state index in [1.807, 2.05) is 73.7 Å². The standard InChI is InChI=1S/C25H22N4O3.C22H23N5O4/c1-2-29-24(30)23(27-20-14-9-15-26-16-20)21(22(28-29)19-12-7-4-8-13-19)25(31)32-17-18-10-5-3-6-11-18;1-4-27-21(29)20(24-16-11-8-12-23-13-16)18(22(30)31-14-17(28)26(2)3)19(25-27)15-9-6-5-7-10-15/h3-16,27H,2,17H2,1H3;5-13,24H,4,14H2,1-3H3. The number of pyridine rings is 2. The molecule has 2 N–H and O–H groups in total. The molecule has 0 spiro atoms. The molecule has 0 saturated carbocycles. The Balaban J connectivity index is 0.000000210. The zero-order valence-electron chi connectivity index (χ0n) is 35.1. The summed E-state index contributed by atoms with van der Waals surface area (Å²) in [4.78, 5) is 74.0. The lowest BCUT2D eigenvalue weighted by molar-refractivity contribution is -0.131. The summed E-state index contributed by atoms with van der Waals surface area (Å²) in [5.74, 6) is -1.84. The monoisotopic (exact) mass is 847 g/mol. The first-order valence-corrected chi connectivity index (χ1v) is 19.9. The fourth-order valence-electron chi connectivity index (χ4n) is 6.08. The Morgan fingerprint density at radius 2 is 1.02 bits per heavy atom. The molecule has 0 aliphatic rings. The number of nitrogens with zero attached hydrogens (tertiary/aromatic N) is 7. The molecule has 1 amide bonds. The van der Waals surface area contributed by atoms with E-state index in [4.69, 9.17) is 9.47 Å². The molecule has 7 rings (SSSR count). The molecular formula is C47H45N9O7. The summed E-state index contributed by atoms with van der Waals surface area (Å²) in [7, 11) is 3.12. The van der Waals surface area contributed by atoms with E-state index in [0.29, 0.717) is 41.3 Å². The van der Waals surface area contributed by atoms with Gasteiger partial charge >= 0.3 is 11.9 Å². The topological polar surface area (TPSA) is 193 Å². The molecule has 0 radical (unpaired) electrons. The van der Waals surface area contributed by atoms with Crippen LogP contribution in [0.5, 0.6) is 0 Å². The number of carbonyl (C=O) groups excluding carboxylic acids is 3. The Kier molecular flexibility index (Phi) is 15.0. The maximum absolute atomic E-state index is 13.3. The molecule has 4 heterocycles.